The van der Waals surface area contributed by atoms with Gasteiger partial charge in [0.2, 0.25) is 0 Å². The van der Waals surface area contributed by atoms with Crippen LogP contribution in [0.5, 0.6) is 0 Å². The summed E-state index contributed by atoms with van der Waals surface area (Å²) in [5, 5.41) is 0.605. The number of rotatable bonds is 3. The maximum absolute atomic E-state index is 13.2. The molecule has 0 fully saturated rings. The molecule has 1 amide bonds. The number of amides is 1. The van der Waals surface area contributed by atoms with Gasteiger partial charge in [0.05, 0.1) is 10.3 Å². The summed E-state index contributed by atoms with van der Waals surface area (Å²) in [4.78, 5) is 33.9. The van der Waals surface area contributed by atoms with Crippen LogP contribution in [0.15, 0.2) is 35.1 Å². The molecular formula is C20H21N3O2S. The van der Waals surface area contributed by atoms with Crippen molar-refractivity contribution >= 4 is 33.1 Å². The Bertz CT molecular complexity index is 1040. The summed E-state index contributed by atoms with van der Waals surface area (Å²) < 4.78 is 1.79. The van der Waals surface area contributed by atoms with Crippen LogP contribution in [0.3, 0.4) is 0 Å². The van der Waals surface area contributed by atoms with E-state index in [1.807, 2.05) is 44.2 Å². The van der Waals surface area contributed by atoms with Crippen LogP contribution >= 0.6 is 11.3 Å². The van der Waals surface area contributed by atoms with Crippen molar-refractivity contribution in [2.24, 2.45) is 0 Å². The quantitative estimate of drug-likeness (QED) is 0.708. The number of benzene rings is 1. The second-order valence-electron chi connectivity index (χ2n) is 6.56. The summed E-state index contributed by atoms with van der Waals surface area (Å²) >= 11 is 1.34. The molecule has 0 radical (unpaired) electrons. The van der Waals surface area contributed by atoms with E-state index in [1.165, 1.54) is 11.3 Å². The van der Waals surface area contributed by atoms with Gasteiger partial charge in [0.25, 0.3) is 11.5 Å². The van der Waals surface area contributed by atoms with Gasteiger partial charge in [0.15, 0.2) is 0 Å². The van der Waals surface area contributed by atoms with Crippen molar-refractivity contribution in [3.05, 3.63) is 57.0 Å². The van der Waals surface area contributed by atoms with E-state index in [4.69, 9.17) is 4.98 Å². The smallest absolute Gasteiger partial charge is 0.268 e. The Balaban J connectivity index is 1.84. The molecule has 4 rings (SSSR count). The van der Waals surface area contributed by atoms with Crippen LogP contribution in [0, 0.1) is 6.92 Å². The van der Waals surface area contributed by atoms with Crippen LogP contribution in [-0.2, 0) is 13.0 Å². The first-order valence-corrected chi connectivity index (χ1v) is 9.83. The zero-order valence-electron chi connectivity index (χ0n) is 15.0. The number of fused-ring (bicyclic) bond motifs is 2. The molecule has 1 aromatic carbocycles. The summed E-state index contributed by atoms with van der Waals surface area (Å²) in [6.45, 7) is 5.11. The standard InChI is InChI=1S/C20H21N3O2S/c1-3-22(14-9-5-4-6-10-14)20(25)17-13(2)16-18(26-17)21-15-11-7-8-12-23(15)19(16)24/h4-6,9-10H,3,7-8,11-12H2,1-2H3. The lowest BCUT2D eigenvalue weighted by atomic mass is 10.1. The van der Waals surface area contributed by atoms with Crippen LogP contribution in [0.1, 0.15) is 40.8 Å². The molecule has 3 heterocycles. The first kappa shape index (κ1) is 17.0. The van der Waals surface area contributed by atoms with Gasteiger partial charge in [0.1, 0.15) is 10.7 Å². The topological polar surface area (TPSA) is 55.2 Å². The Kier molecular flexibility index (Phi) is 4.36. The van der Waals surface area contributed by atoms with Gasteiger partial charge in [-0.15, -0.1) is 11.3 Å². The predicted molar refractivity (Wildman–Crippen MR) is 105 cm³/mol. The van der Waals surface area contributed by atoms with Crippen molar-refractivity contribution < 1.29 is 4.79 Å². The van der Waals surface area contributed by atoms with Gasteiger partial charge >= 0.3 is 0 Å². The van der Waals surface area contributed by atoms with Gasteiger partial charge in [-0.3, -0.25) is 14.2 Å². The monoisotopic (exact) mass is 367 g/mol. The van der Waals surface area contributed by atoms with Crippen LogP contribution in [0.4, 0.5) is 5.69 Å². The number of nitrogens with zero attached hydrogens (tertiary/aromatic N) is 3. The lowest BCUT2D eigenvalue weighted by Gasteiger charge is -2.20. The molecule has 6 heteroatoms. The molecule has 0 N–H and O–H groups in total. The number of thiophene rings is 1. The number of anilines is 1. The van der Waals surface area contributed by atoms with Crippen molar-refractivity contribution in [2.45, 2.75) is 39.7 Å². The second-order valence-corrected chi connectivity index (χ2v) is 7.56. The van der Waals surface area contributed by atoms with Gasteiger partial charge in [-0.1, -0.05) is 18.2 Å². The van der Waals surface area contributed by atoms with Gasteiger partial charge in [-0.25, -0.2) is 4.98 Å². The summed E-state index contributed by atoms with van der Waals surface area (Å²) in [7, 11) is 0. The number of aromatic nitrogens is 2. The molecular weight excluding hydrogens is 346 g/mol. The van der Waals surface area contributed by atoms with E-state index in [9.17, 15) is 9.59 Å². The highest BCUT2D eigenvalue weighted by Crippen LogP contribution is 2.30. The first-order valence-electron chi connectivity index (χ1n) is 9.01. The number of carbonyl (C=O) groups excluding carboxylic acids is 1. The normalized spacial score (nSPS) is 13.6. The van der Waals surface area contributed by atoms with Gasteiger partial charge < -0.3 is 4.90 Å². The van der Waals surface area contributed by atoms with E-state index >= 15 is 0 Å². The lowest BCUT2D eigenvalue weighted by molar-refractivity contribution is 0.0991. The van der Waals surface area contributed by atoms with Crippen molar-refractivity contribution in [2.75, 3.05) is 11.4 Å². The van der Waals surface area contributed by atoms with E-state index in [-0.39, 0.29) is 11.5 Å². The molecule has 1 aliphatic rings. The molecule has 134 valence electrons. The average molecular weight is 367 g/mol. The van der Waals surface area contributed by atoms with Crippen molar-refractivity contribution in [1.82, 2.24) is 9.55 Å². The molecule has 2 aromatic heterocycles. The zero-order chi connectivity index (χ0) is 18.3. The number of hydrogen-bond acceptors (Lipinski definition) is 4. The Morgan fingerprint density at radius 3 is 2.77 bits per heavy atom. The van der Waals surface area contributed by atoms with E-state index in [0.717, 1.165) is 42.9 Å². The minimum absolute atomic E-state index is 0.000240. The fourth-order valence-electron chi connectivity index (χ4n) is 3.61. The molecule has 0 saturated heterocycles. The molecule has 0 atom stereocenters. The number of aryl methyl sites for hydroxylation is 2. The van der Waals surface area contributed by atoms with Crippen LogP contribution in [0.2, 0.25) is 0 Å². The minimum atomic E-state index is -0.0680. The third-order valence-corrected chi connectivity index (χ3v) is 6.16. The van der Waals surface area contributed by atoms with Gasteiger partial charge in [-0.2, -0.15) is 0 Å². The van der Waals surface area contributed by atoms with E-state index in [0.29, 0.717) is 21.6 Å². The van der Waals surface area contributed by atoms with Gasteiger partial charge in [-0.05, 0) is 44.4 Å². The Labute approximate surface area is 155 Å². The largest absolute Gasteiger partial charge is 0.308 e. The molecule has 0 unspecified atom stereocenters. The maximum atomic E-state index is 13.2. The highest BCUT2D eigenvalue weighted by atomic mass is 32.1. The average Bonchev–Trinajstić information content (AvgIpc) is 3.00. The fraction of sp³-hybridized carbons (Fsp3) is 0.350. The summed E-state index contributed by atoms with van der Waals surface area (Å²) in [6, 6.07) is 9.63. The molecule has 0 spiro atoms. The third-order valence-electron chi connectivity index (χ3n) is 4.98. The third kappa shape index (κ3) is 2.65. The van der Waals surface area contributed by atoms with E-state index in [1.54, 1.807) is 9.47 Å². The molecule has 0 saturated carbocycles. The molecule has 5 nitrogen and oxygen atoms in total. The first-order chi connectivity index (χ1) is 12.6. The molecule has 0 aliphatic carbocycles. The van der Waals surface area contributed by atoms with Gasteiger partial charge in [0, 0.05) is 25.2 Å². The molecule has 26 heavy (non-hydrogen) atoms. The van der Waals surface area contributed by atoms with Crippen LogP contribution in [0.25, 0.3) is 10.2 Å². The second kappa shape index (κ2) is 6.68. The number of carbonyl (C=O) groups is 1. The fourth-order valence-corrected chi connectivity index (χ4v) is 4.75. The maximum Gasteiger partial charge on any atom is 0.268 e. The molecule has 3 aromatic rings. The molecule has 1 aliphatic heterocycles. The predicted octanol–water partition coefficient (Wildman–Crippen LogP) is 3.77. The van der Waals surface area contributed by atoms with Crippen LogP contribution in [-0.4, -0.2) is 22.0 Å². The molecule has 0 bridgehead atoms. The highest BCUT2D eigenvalue weighted by molar-refractivity contribution is 7.20. The van der Waals surface area contributed by atoms with Crippen LogP contribution < -0.4 is 10.5 Å². The Morgan fingerprint density at radius 1 is 1.27 bits per heavy atom. The number of para-hydroxylation sites is 1. The van der Waals surface area contributed by atoms with Crippen molar-refractivity contribution in [3.63, 3.8) is 0 Å². The summed E-state index contributed by atoms with van der Waals surface area (Å²) in [6.07, 6.45) is 2.90. The number of hydrogen-bond donors (Lipinski definition) is 0. The summed E-state index contributed by atoms with van der Waals surface area (Å²) in [5.41, 5.74) is 1.61. The highest BCUT2D eigenvalue weighted by Gasteiger charge is 2.25. The van der Waals surface area contributed by atoms with Crippen molar-refractivity contribution in [3.8, 4) is 0 Å². The minimum Gasteiger partial charge on any atom is -0.308 e. The Hall–Kier alpha value is -2.47. The summed E-state index contributed by atoms with van der Waals surface area (Å²) in [5.74, 6) is 0.783. The lowest BCUT2D eigenvalue weighted by Crippen LogP contribution is -2.30. The van der Waals surface area contributed by atoms with Crippen molar-refractivity contribution in [1.29, 1.82) is 0 Å². The zero-order valence-corrected chi connectivity index (χ0v) is 15.8. The van der Waals surface area contributed by atoms with E-state index < -0.39 is 0 Å². The SMILES string of the molecule is CCN(C(=O)c1sc2nc3n(c(=O)c2c1C)CCCC3)c1ccccc1. The van der Waals surface area contributed by atoms with E-state index in [2.05, 4.69) is 0 Å². The Morgan fingerprint density at radius 2 is 2.04 bits per heavy atom.